The first-order chi connectivity index (χ1) is 9.31. The fourth-order valence-electron chi connectivity index (χ4n) is 1.30. The highest BCUT2D eigenvalue weighted by atomic mass is 32.2. The predicted molar refractivity (Wildman–Crippen MR) is 76.4 cm³/mol. The summed E-state index contributed by atoms with van der Waals surface area (Å²) in [7, 11) is 0. The van der Waals surface area contributed by atoms with Crippen LogP contribution >= 0.6 is 23.1 Å². The first-order valence-electron chi connectivity index (χ1n) is 5.94. The highest BCUT2D eigenvalue weighted by molar-refractivity contribution is 8.00. The number of aromatic nitrogens is 4. The van der Waals surface area contributed by atoms with Gasteiger partial charge in [0.15, 0.2) is 10.2 Å². The first kappa shape index (κ1) is 14.0. The van der Waals surface area contributed by atoms with E-state index in [1.165, 1.54) is 11.3 Å². The minimum Gasteiger partial charge on any atom is -0.357 e. The molecule has 0 bridgehead atoms. The van der Waals surface area contributed by atoms with Crippen molar-refractivity contribution in [3.05, 3.63) is 24.4 Å². The number of anilines is 1. The van der Waals surface area contributed by atoms with E-state index >= 15 is 0 Å². The second-order valence-corrected chi connectivity index (χ2v) is 5.89. The molecule has 8 heteroatoms. The van der Waals surface area contributed by atoms with Crippen LogP contribution in [0.2, 0.25) is 0 Å². The molecule has 0 radical (unpaired) electrons. The second kappa shape index (κ2) is 7.25. The van der Waals surface area contributed by atoms with Crippen LogP contribution in [0.5, 0.6) is 0 Å². The molecule has 0 saturated heterocycles. The average Bonchev–Trinajstić information content (AvgIpc) is 3.03. The van der Waals surface area contributed by atoms with E-state index in [0.29, 0.717) is 18.2 Å². The third kappa shape index (κ3) is 4.32. The Morgan fingerprint density at radius 2 is 2.37 bits per heavy atom. The van der Waals surface area contributed by atoms with E-state index in [0.717, 1.165) is 28.1 Å². The topological polar surface area (TPSA) is 76.7 Å². The summed E-state index contributed by atoms with van der Waals surface area (Å²) in [5.41, 5.74) is 0. The lowest BCUT2D eigenvalue weighted by Crippen LogP contribution is -1.96. The Bertz CT molecular complexity index is 525. The molecule has 2 aromatic heterocycles. The van der Waals surface area contributed by atoms with Crippen molar-refractivity contribution in [3.63, 3.8) is 0 Å². The van der Waals surface area contributed by atoms with E-state index in [4.69, 9.17) is 4.52 Å². The van der Waals surface area contributed by atoms with Gasteiger partial charge < -0.3 is 9.84 Å². The maximum atomic E-state index is 5.16. The predicted octanol–water partition coefficient (Wildman–Crippen LogP) is 2.76. The smallest absolute Gasteiger partial charge is 0.237 e. The Labute approximate surface area is 119 Å². The summed E-state index contributed by atoms with van der Waals surface area (Å²) in [6.45, 7) is 6.41. The van der Waals surface area contributed by atoms with E-state index < -0.39 is 0 Å². The molecule has 0 aromatic carbocycles. The molecule has 0 aliphatic rings. The van der Waals surface area contributed by atoms with Crippen LogP contribution in [0.1, 0.15) is 25.1 Å². The normalized spacial score (nSPS) is 10.6. The Kier molecular flexibility index (Phi) is 5.34. The molecule has 0 fully saturated rings. The van der Waals surface area contributed by atoms with Crippen LogP contribution in [0.4, 0.5) is 5.13 Å². The van der Waals surface area contributed by atoms with Crippen LogP contribution in [0.15, 0.2) is 21.5 Å². The minimum atomic E-state index is 0.618. The van der Waals surface area contributed by atoms with Crippen LogP contribution in [0.3, 0.4) is 0 Å². The third-order valence-electron chi connectivity index (χ3n) is 2.11. The summed E-state index contributed by atoms with van der Waals surface area (Å²) >= 11 is 3.04. The van der Waals surface area contributed by atoms with E-state index in [1.54, 1.807) is 17.8 Å². The summed E-state index contributed by atoms with van der Waals surface area (Å²) in [6, 6.07) is 0. The van der Waals surface area contributed by atoms with Gasteiger partial charge in [0.25, 0.3) is 0 Å². The van der Waals surface area contributed by atoms with Gasteiger partial charge in [-0.25, -0.2) is 0 Å². The Morgan fingerprint density at radius 1 is 1.47 bits per heavy atom. The van der Waals surface area contributed by atoms with Crippen LogP contribution in [0.25, 0.3) is 0 Å². The molecule has 0 spiro atoms. The van der Waals surface area contributed by atoms with Crippen LogP contribution in [-0.4, -0.2) is 26.9 Å². The largest absolute Gasteiger partial charge is 0.357 e. The molecule has 0 aliphatic carbocycles. The van der Waals surface area contributed by atoms with E-state index in [9.17, 15) is 0 Å². The van der Waals surface area contributed by atoms with Crippen molar-refractivity contribution in [1.82, 2.24) is 20.3 Å². The van der Waals surface area contributed by atoms with E-state index in [2.05, 4.69) is 39.2 Å². The highest BCUT2D eigenvalue weighted by Crippen LogP contribution is 2.27. The number of hydrogen-bond donors (Lipinski definition) is 1. The van der Waals surface area contributed by atoms with Gasteiger partial charge in [0.05, 0.1) is 5.75 Å². The molecule has 102 valence electrons. The maximum Gasteiger partial charge on any atom is 0.237 e. The van der Waals surface area contributed by atoms with Crippen molar-refractivity contribution in [2.45, 2.75) is 29.9 Å². The number of nitrogens with zero attached hydrogens (tertiary/aromatic N) is 4. The molecule has 19 heavy (non-hydrogen) atoms. The summed E-state index contributed by atoms with van der Waals surface area (Å²) in [5, 5.41) is 15.9. The Balaban J connectivity index is 1.83. The number of nitrogens with one attached hydrogen (secondary N) is 1. The zero-order chi connectivity index (χ0) is 13.5. The molecule has 0 amide bonds. The van der Waals surface area contributed by atoms with Crippen molar-refractivity contribution in [2.24, 2.45) is 0 Å². The Morgan fingerprint density at radius 3 is 3.16 bits per heavy atom. The van der Waals surface area contributed by atoms with Gasteiger partial charge in [-0.05, 0) is 6.42 Å². The summed E-state index contributed by atoms with van der Waals surface area (Å²) in [4.78, 5) is 4.30. The number of thioether (sulfide) groups is 1. The zero-order valence-electron chi connectivity index (χ0n) is 10.6. The van der Waals surface area contributed by atoms with Gasteiger partial charge in [-0.2, -0.15) is 4.98 Å². The zero-order valence-corrected chi connectivity index (χ0v) is 12.3. The lowest BCUT2D eigenvalue weighted by Gasteiger charge is -1.93. The van der Waals surface area contributed by atoms with Gasteiger partial charge >= 0.3 is 0 Å². The number of rotatable bonds is 8. The van der Waals surface area contributed by atoms with Crippen molar-refractivity contribution in [1.29, 1.82) is 0 Å². The lowest BCUT2D eigenvalue weighted by atomic mass is 10.3. The quantitative estimate of drug-likeness (QED) is 0.593. The fourth-order valence-corrected chi connectivity index (χ4v) is 2.89. The molecule has 6 nitrogen and oxygen atoms in total. The van der Waals surface area contributed by atoms with Gasteiger partial charge in [-0.3, -0.25) is 0 Å². The van der Waals surface area contributed by atoms with Crippen LogP contribution in [-0.2, 0) is 12.2 Å². The molecule has 0 atom stereocenters. The van der Waals surface area contributed by atoms with Crippen molar-refractivity contribution in [2.75, 3.05) is 11.9 Å². The van der Waals surface area contributed by atoms with Gasteiger partial charge in [0, 0.05) is 13.0 Å². The van der Waals surface area contributed by atoms with E-state index in [-0.39, 0.29) is 0 Å². The number of hydrogen-bond acceptors (Lipinski definition) is 8. The van der Waals surface area contributed by atoms with E-state index in [1.807, 2.05) is 0 Å². The molecule has 0 saturated carbocycles. The second-order valence-electron chi connectivity index (χ2n) is 3.69. The van der Waals surface area contributed by atoms with Gasteiger partial charge in [-0.15, -0.1) is 16.8 Å². The van der Waals surface area contributed by atoms with Crippen molar-refractivity contribution < 1.29 is 4.52 Å². The SMILES string of the molecule is C=CCNc1nnc(SCc2nc(CCC)no2)s1. The van der Waals surface area contributed by atoms with Crippen molar-refractivity contribution >= 4 is 28.2 Å². The summed E-state index contributed by atoms with van der Waals surface area (Å²) < 4.78 is 6.03. The standard InChI is InChI=1S/C11H15N5OS2/c1-3-5-8-13-9(17-16-8)7-18-11-15-14-10(19-11)12-6-4-2/h4H,2-3,5-7H2,1H3,(H,12,14). The monoisotopic (exact) mass is 297 g/mol. The number of aryl methyl sites for hydroxylation is 1. The van der Waals surface area contributed by atoms with Crippen molar-refractivity contribution in [3.8, 4) is 0 Å². The average molecular weight is 297 g/mol. The molecule has 2 heterocycles. The van der Waals surface area contributed by atoms with Gasteiger partial charge in [0.2, 0.25) is 11.0 Å². The summed E-state index contributed by atoms with van der Waals surface area (Å²) in [5.74, 6) is 2.01. The molecule has 2 aromatic rings. The molecular formula is C11H15N5OS2. The molecule has 0 aliphatic heterocycles. The fraction of sp³-hybridized carbons (Fsp3) is 0.455. The molecular weight excluding hydrogens is 282 g/mol. The maximum absolute atomic E-state index is 5.16. The summed E-state index contributed by atoms with van der Waals surface area (Å²) in [6.07, 6.45) is 3.64. The highest BCUT2D eigenvalue weighted by Gasteiger charge is 2.09. The Hall–Kier alpha value is -1.41. The molecule has 1 N–H and O–H groups in total. The molecule has 0 unspecified atom stereocenters. The van der Waals surface area contributed by atoms with Crippen LogP contribution in [0, 0.1) is 0 Å². The van der Waals surface area contributed by atoms with Gasteiger partial charge in [0.1, 0.15) is 0 Å². The first-order valence-corrected chi connectivity index (χ1v) is 7.74. The van der Waals surface area contributed by atoms with Crippen LogP contribution < -0.4 is 5.32 Å². The molecule has 2 rings (SSSR count). The lowest BCUT2D eigenvalue weighted by molar-refractivity contribution is 0.384. The minimum absolute atomic E-state index is 0.618. The third-order valence-corrected chi connectivity index (χ3v) is 4.11. The van der Waals surface area contributed by atoms with Gasteiger partial charge in [-0.1, -0.05) is 41.3 Å².